The first-order valence-electron chi connectivity index (χ1n) is 4.16. The summed E-state index contributed by atoms with van der Waals surface area (Å²) in [5.41, 5.74) is 0. The molecular weight excluding hydrogens is 153 g/mol. The molecule has 0 aromatic rings. The van der Waals surface area contributed by atoms with Gasteiger partial charge in [0.1, 0.15) is 0 Å². The monoisotopic (exact) mass is 171 g/mol. The van der Waals surface area contributed by atoms with Gasteiger partial charge in [-0.05, 0) is 13.8 Å². The predicted molar refractivity (Wildman–Crippen MR) is 49.7 cm³/mol. The molecule has 0 saturated carbocycles. The Bertz CT molecular complexity index is 102. The van der Waals surface area contributed by atoms with Crippen LogP contribution in [-0.4, -0.2) is 25.4 Å². The van der Waals surface area contributed by atoms with E-state index >= 15 is 0 Å². The minimum Gasteiger partial charge on any atom is -0.394 e. The smallest absolute Gasteiger partial charge is 0.394 e. The molecule has 0 amide bonds. The van der Waals surface area contributed by atoms with Crippen LogP contribution < -0.4 is 0 Å². The lowest BCUT2D eigenvalue weighted by Gasteiger charge is -1.86. The van der Waals surface area contributed by atoms with E-state index in [0.717, 1.165) is 10.6 Å². The first-order chi connectivity index (χ1) is 5.08. The van der Waals surface area contributed by atoms with E-state index in [0.29, 0.717) is 0 Å². The number of nitrogens with zero attached hydrogens (tertiary/aromatic N) is 1. The van der Waals surface area contributed by atoms with E-state index in [2.05, 4.69) is 18.8 Å². The Morgan fingerprint density at radius 1 is 1.36 bits per heavy atom. The van der Waals surface area contributed by atoms with Gasteiger partial charge in [-0.3, -0.25) is 0 Å². The number of hydrogen-bond donors (Lipinski definition) is 1. The van der Waals surface area contributed by atoms with Crippen molar-refractivity contribution in [2.45, 2.75) is 44.4 Å². The average molecular weight is 171 g/mol. The van der Waals surface area contributed by atoms with Crippen molar-refractivity contribution in [3.05, 3.63) is 0 Å². The highest BCUT2D eigenvalue weighted by Gasteiger charge is 2.09. The molecule has 0 aromatic heterocycles. The Morgan fingerprint density at radius 3 is 1.64 bits per heavy atom. The zero-order valence-corrected chi connectivity index (χ0v) is 9.12. The minimum absolute atomic E-state index is 0.167. The summed E-state index contributed by atoms with van der Waals surface area (Å²) in [7, 11) is 0. The van der Waals surface area contributed by atoms with Gasteiger partial charge < -0.3 is 5.11 Å². The van der Waals surface area contributed by atoms with Gasteiger partial charge in [-0.2, -0.15) is 0 Å². The van der Waals surface area contributed by atoms with Crippen LogP contribution in [0.15, 0.2) is 0 Å². The predicted octanol–water partition coefficient (Wildman–Crippen LogP) is 1.97. The second-order valence-electron chi connectivity index (χ2n) is 2.74. The highest BCUT2D eigenvalue weighted by atomic mass is 27.2. The quantitative estimate of drug-likeness (QED) is 0.645. The molecule has 0 bridgehead atoms. The summed E-state index contributed by atoms with van der Waals surface area (Å²) in [5.74, 6) is 0. The highest BCUT2D eigenvalue weighted by Crippen LogP contribution is 1.93. The van der Waals surface area contributed by atoms with Crippen molar-refractivity contribution in [2.75, 3.05) is 0 Å². The van der Waals surface area contributed by atoms with Crippen LogP contribution >= 0.6 is 0 Å². The summed E-state index contributed by atoms with van der Waals surface area (Å²) in [5, 5.41) is 18.7. The topological polar surface area (TPSA) is 44.0 Å². The number of hydrogen-bond acceptors (Lipinski definition) is 2. The second-order valence-corrected chi connectivity index (χ2v) is 6.02. The van der Waals surface area contributed by atoms with Crippen LogP contribution in [0.3, 0.4) is 0 Å². The molecule has 11 heavy (non-hydrogen) atoms. The number of rotatable bonds is 2. The maximum absolute atomic E-state index is 8.34. The molecule has 0 saturated heterocycles. The van der Waals surface area contributed by atoms with Crippen LogP contribution in [-0.2, 0) is 0 Å². The summed E-state index contributed by atoms with van der Waals surface area (Å²) < 4.78 is 0. The molecule has 64 valence electrons. The first kappa shape index (κ1) is 13.6. The van der Waals surface area contributed by atoms with Crippen LogP contribution in [0.1, 0.15) is 27.7 Å². The lowest BCUT2D eigenvalue weighted by Crippen LogP contribution is -2.03. The fraction of sp³-hybridized carbons (Fsp3) is 0.875. The number of nitriles is 1. The Kier molecular flexibility index (Phi) is 12.3. The third-order valence-corrected chi connectivity index (χ3v) is 3.50. The van der Waals surface area contributed by atoms with Gasteiger partial charge in [0.05, 0.1) is 0 Å². The zero-order chi connectivity index (χ0) is 9.28. The molecule has 0 spiro atoms. The van der Waals surface area contributed by atoms with E-state index < -0.39 is 14.1 Å². The molecule has 0 atom stereocenters. The van der Waals surface area contributed by atoms with E-state index in [1.54, 1.807) is 13.8 Å². The Hall–Kier alpha value is -0.0175. The molecular formula is C8H18AlNO. The summed E-state index contributed by atoms with van der Waals surface area (Å²) in [6.07, 6.45) is -0.167. The average Bonchev–Trinajstić information content (AvgIpc) is 1.90. The zero-order valence-electron chi connectivity index (χ0n) is 7.96. The van der Waals surface area contributed by atoms with Crippen molar-refractivity contribution in [3.63, 3.8) is 0 Å². The standard InChI is InChI=1S/C3H8O.2C2H5.CN.Al/c1-3(2)4;3*1-2;/h3-4H,1-2H3;2*1H2,2H3;;. The van der Waals surface area contributed by atoms with E-state index in [1.807, 2.05) is 0 Å². The molecule has 0 radical (unpaired) electrons. The first-order valence-corrected chi connectivity index (χ1v) is 6.37. The van der Waals surface area contributed by atoms with Crippen molar-refractivity contribution >= 4 is 14.1 Å². The van der Waals surface area contributed by atoms with Crippen molar-refractivity contribution in [2.24, 2.45) is 0 Å². The van der Waals surface area contributed by atoms with E-state index in [1.165, 1.54) is 0 Å². The molecule has 0 aliphatic carbocycles. The van der Waals surface area contributed by atoms with Gasteiger partial charge in [-0.15, -0.1) is 0 Å². The van der Waals surface area contributed by atoms with E-state index in [4.69, 9.17) is 10.4 Å². The fourth-order valence-electron chi connectivity index (χ4n) is 0.471. The van der Waals surface area contributed by atoms with Crippen molar-refractivity contribution in [3.8, 4) is 4.93 Å². The molecule has 2 nitrogen and oxygen atoms in total. The fourth-order valence-corrected chi connectivity index (χ4v) is 1.41. The van der Waals surface area contributed by atoms with Crippen molar-refractivity contribution in [1.82, 2.24) is 0 Å². The minimum atomic E-state index is -0.866. The van der Waals surface area contributed by atoms with Crippen LogP contribution in [0.5, 0.6) is 0 Å². The summed E-state index contributed by atoms with van der Waals surface area (Å²) >= 11 is -0.866. The molecule has 0 aliphatic heterocycles. The normalized spacial score (nSPS) is 8.09. The van der Waals surface area contributed by atoms with Gasteiger partial charge in [0, 0.05) is 6.10 Å². The largest absolute Gasteiger partial charge is 0.421 e. The molecule has 0 aromatic carbocycles. The maximum Gasteiger partial charge on any atom is 0.421 e. The molecule has 0 aliphatic rings. The van der Waals surface area contributed by atoms with Gasteiger partial charge >= 0.3 is 14.1 Å². The summed E-state index contributed by atoms with van der Waals surface area (Å²) in [4.78, 5) is 2.34. The van der Waals surface area contributed by atoms with Gasteiger partial charge in [0.2, 0.25) is 0 Å². The maximum atomic E-state index is 8.34. The molecule has 1 N–H and O–H groups in total. The van der Waals surface area contributed by atoms with Crippen molar-refractivity contribution < 1.29 is 5.11 Å². The van der Waals surface area contributed by atoms with Crippen LogP contribution in [0.25, 0.3) is 0 Å². The highest BCUT2D eigenvalue weighted by molar-refractivity contribution is 6.66. The van der Waals surface area contributed by atoms with Crippen molar-refractivity contribution in [1.29, 1.82) is 5.26 Å². The Labute approximate surface area is 74.2 Å². The summed E-state index contributed by atoms with van der Waals surface area (Å²) in [6.45, 7) is 7.65. The molecule has 0 rings (SSSR count). The van der Waals surface area contributed by atoms with Gasteiger partial charge in [-0.1, -0.05) is 29.3 Å². The van der Waals surface area contributed by atoms with Gasteiger partial charge in [0.25, 0.3) is 0 Å². The second kappa shape index (κ2) is 9.98. The van der Waals surface area contributed by atoms with Crippen LogP contribution in [0, 0.1) is 10.2 Å². The van der Waals surface area contributed by atoms with E-state index in [-0.39, 0.29) is 6.10 Å². The Morgan fingerprint density at radius 2 is 1.64 bits per heavy atom. The summed E-state index contributed by atoms with van der Waals surface area (Å²) in [6, 6.07) is 0. The molecule has 0 fully saturated rings. The van der Waals surface area contributed by atoms with Gasteiger partial charge in [-0.25, -0.2) is 5.26 Å². The van der Waals surface area contributed by atoms with E-state index in [9.17, 15) is 0 Å². The lowest BCUT2D eigenvalue weighted by atomic mass is 10.5. The van der Waals surface area contributed by atoms with Crippen LogP contribution in [0.4, 0.5) is 0 Å². The number of aliphatic hydroxyl groups excluding tert-OH is 1. The Balaban J connectivity index is 0. The van der Waals surface area contributed by atoms with Gasteiger partial charge in [0.15, 0.2) is 0 Å². The third kappa shape index (κ3) is 17.8. The number of aliphatic hydroxyl groups is 1. The third-order valence-electron chi connectivity index (χ3n) is 1.17. The molecule has 0 unspecified atom stereocenters. The molecule has 0 heterocycles. The van der Waals surface area contributed by atoms with Crippen LogP contribution in [0.2, 0.25) is 10.6 Å². The molecule has 3 heteroatoms. The lowest BCUT2D eigenvalue weighted by molar-refractivity contribution is 0.216. The SMILES string of the molecule is CC(C)O.C[CH2][Al]([C]#N)[CH2]C.